The van der Waals surface area contributed by atoms with Gasteiger partial charge in [-0.3, -0.25) is 9.59 Å². The summed E-state index contributed by atoms with van der Waals surface area (Å²) in [5.74, 6) is 0.706. The summed E-state index contributed by atoms with van der Waals surface area (Å²) in [6, 6.07) is 9.33. The fourth-order valence-corrected chi connectivity index (χ4v) is 3.53. The molecule has 1 fully saturated rings. The number of nitrogens with zero attached hydrogens (tertiary/aromatic N) is 1. The Bertz CT molecular complexity index is 555. The molecular weight excluding hydrogens is 300 g/mol. The minimum absolute atomic E-state index is 0.0677. The number of para-hydroxylation sites is 1. The van der Waals surface area contributed by atoms with E-state index in [1.54, 1.807) is 11.9 Å². The number of likely N-dealkylation sites (N-methyl/N-ethyl adjacent to an activating group) is 1. The van der Waals surface area contributed by atoms with Crippen LogP contribution < -0.4 is 5.32 Å². The predicted octanol–water partition coefficient (Wildman–Crippen LogP) is 3.94. The zero-order chi connectivity index (χ0) is 17.7. The SMILES string of the molecule is CN(CC(=O)Nc1ccccc1)C(=O)C1CCC(C(C)(C)C)CC1. The first kappa shape index (κ1) is 18.5. The van der Waals surface area contributed by atoms with Crippen molar-refractivity contribution in [2.75, 3.05) is 18.9 Å². The monoisotopic (exact) mass is 330 g/mol. The largest absolute Gasteiger partial charge is 0.336 e. The van der Waals surface area contributed by atoms with Gasteiger partial charge in [-0.1, -0.05) is 39.0 Å². The van der Waals surface area contributed by atoms with Gasteiger partial charge in [0.1, 0.15) is 0 Å². The van der Waals surface area contributed by atoms with Crippen LogP contribution in [0, 0.1) is 17.3 Å². The molecule has 4 heteroatoms. The molecular formula is C20H30N2O2. The van der Waals surface area contributed by atoms with Gasteiger partial charge in [0, 0.05) is 18.7 Å². The van der Waals surface area contributed by atoms with Gasteiger partial charge in [0.15, 0.2) is 0 Å². The molecule has 1 saturated carbocycles. The third kappa shape index (κ3) is 5.08. The Labute approximate surface area is 145 Å². The summed E-state index contributed by atoms with van der Waals surface area (Å²) < 4.78 is 0. The van der Waals surface area contributed by atoms with E-state index in [2.05, 4.69) is 26.1 Å². The maximum Gasteiger partial charge on any atom is 0.243 e. The summed E-state index contributed by atoms with van der Waals surface area (Å²) in [5, 5.41) is 2.82. The molecule has 0 spiro atoms. The molecule has 4 nitrogen and oxygen atoms in total. The van der Waals surface area contributed by atoms with Crippen molar-refractivity contribution in [3.05, 3.63) is 30.3 Å². The highest BCUT2D eigenvalue weighted by atomic mass is 16.2. The van der Waals surface area contributed by atoms with Gasteiger partial charge in [-0.05, 0) is 49.1 Å². The highest BCUT2D eigenvalue weighted by Crippen LogP contribution is 2.40. The van der Waals surface area contributed by atoms with Crippen LogP contribution in [0.5, 0.6) is 0 Å². The van der Waals surface area contributed by atoms with E-state index in [-0.39, 0.29) is 24.3 Å². The molecule has 1 aromatic rings. The number of anilines is 1. The van der Waals surface area contributed by atoms with Crippen LogP contribution in [-0.4, -0.2) is 30.3 Å². The second kappa shape index (κ2) is 7.82. The van der Waals surface area contributed by atoms with Crippen molar-refractivity contribution in [2.45, 2.75) is 46.5 Å². The number of nitrogens with one attached hydrogen (secondary N) is 1. The van der Waals surface area contributed by atoms with E-state index in [1.165, 1.54) is 0 Å². The lowest BCUT2D eigenvalue weighted by atomic mass is 9.69. The molecule has 0 heterocycles. The molecule has 0 saturated heterocycles. The average molecular weight is 330 g/mol. The third-order valence-corrected chi connectivity index (χ3v) is 5.12. The van der Waals surface area contributed by atoms with Crippen LogP contribution in [0.3, 0.4) is 0 Å². The van der Waals surface area contributed by atoms with Crippen LogP contribution in [0.25, 0.3) is 0 Å². The first-order valence-corrected chi connectivity index (χ1v) is 8.87. The van der Waals surface area contributed by atoms with Crippen LogP contribution in [-0.2, 0) is 9.59 Å². The zero-order valence-corrected chi connectivity index (χ0v) is 15.3. The van der Waals surface area contributed by atoms with Gasteiger partial charge < -0.3 is 10.2 Å². The molecule has 0 radical (unpaired) electrons. The highest BCUT2D eigenvalue weighted by molar-refractivity contribution is 5.94. The third-order valence-electron chi connectivity index (χ3n) is 5.12. The number of rotatable bonds is 4. The van der Waals surface area contributed by atoms with Crippen LogP contribution in [0.15, 0.2) is 30.3 Å². The van der Waals surface area contributed by atoms with Crippen LogP contribution in [0.2, 0.25) is 0 Å². The molecule has 1 N–H and O–H groups in total. The Kier molecular flexibility index (Phi) is 6.03. The van der Waals surface area contributed by atoms with E-state index in [0.717, 1.165) is 31.4 Å². The van der Waals surface area contributed by atoms with Gasteiger partial charge in [-0.15, -0.1) is 0 Å². The lowest BCUT2D eigenvalue weighted by molar-refractivity contribution is -0.138. The van der Waals surface area contributed by atoms with Crippen molar-refractivity contribution in [1.29, 1.82) is 0 Å². The molecule has 0 unspecified atom stereocenters. The second-order valence-corrected chi connectivity index (χ2v) is 8.02. The van der Waals surface area contributed by atoms with Gasteiger partial charge in [-0.2, -0.15) is 0 Å². The van der Waals surface area contributed by atoms with Gasteiger partial charge >= 0.3 is 0 Å². The standard InChI is InChI=1S/C20H30N2O2/c1-20(2,3)16-12-10-15(11-13-16)19(24)22(4)14-18(23)21-17-8-6-5-7-9-17/h5-9,15-16H,10-14H2,1-4H3,(H,21,23). The fraction of sp³-hybridized carbons (Fsp3) is 0.600. The van der Waals surface area contributed by atoms with Gasteiger partial charge in [0.25, 0.3) is 0 Å². The molecule has 2 rings (SSSR count). The number of hydrogen-bond acceptors (Lipinski definition) is 2. The molecule has 1 aromatic carbocycles. The van der Waals surface area contributed by atoms with E-state index in [4.69, 9.17) is 0 Å². The summed E-state index contributed by atoms with van der Waals surface area (Å²) in [6.45, 7) is 6.94. The minimum atomic E-state index is -0.152. The van der Waals surface area contributed by atoms with Crippen LogP contribution in [0.1, 0.15) is 46.5 Å². The number of carbonyl (C=O) groups excluding carboxylic acids is 2. The minimum Gasteiger partial charge on any atom is -0.336 e. The number of hydrogen-bond donors (Lipinski definition) is 1. The summed E-state index contributed by atoms with van der Waals surface area (Å²) in [6.07, 6.45) is 4.07. The first-order chi connectivity index (χ1) is 11.3. The van der Waals surface area contributed by atoms with Crippen LogP contribution in [0.4, 0.5) is 5.69 Å². The quantitative estimate of drug-likeness (QED) is 0.909. The van der Waals surface area contributed by atoms with Crippen molar-refractivity contribution in [3.63, 3.8) is 0 Å². The number of benzene rings is 1. The Morgan fingerprint density at radius 3 is 2.21 bits per heavy atom. The van der Waals surface area contributed by atoms with E-state index >= 15 is 0 Å². The molecule has 2 amide bonds. The lowest BCUT2D eigenvalue weighted by Gasteiger charge is -2.37. The number of amides is 2. The summed E-state index contributed by atoms with van der Waals surface area (Å²) >= 11 is 0. The van der Waals surface area contributed by atoms with E-state index in [0.29, 0.717) is 11.3 Å². The molecule has 1 aliphatic rings. The summed E-state index contributed by atoms with van der Waals surface area (Å²) in [7, 11) is 1.72. The summed E-state index contributed by atoms with van der Waals surface area (Å²) in [4.78, 5) is 26.2. The Morgan fingerprint density at radius 1 is 1.08 bits per heavy atom. The molecule has 0 aliphatic heterocycles. The van der Waals surface area contributed by atoms with Crippen molar-refractivity contribution in [1.82, 2.24) is 4.90 Å². The maximum absolute atomic E-state index is 12.6. The highest BCUT2D eigenvalue weighted by Gasteiger charge is 2.33. The van der Waals surface area contributed by atoms with E-state index in [1.807, 2.05) is 30.3 Å². The van der Waals surface area contributed by atoms with Crippen molar-refractivity contribution in [2.24, 2.45) is 17.3 Å². The number of carbonyl (C=O) groups is 2. The fourth-order valence-electron chi connectivity index (χ4n) is 3.53. The predicted molar refractivity (Wildman–Crippen MR) is 97.6 cm³/mol. The average Bonchev–Trinajstić information content (AvgIpc) is 2.54. The van der Waals surface area contributed by atoms with Gasteiger partial charge in [0.2, 0.25) is 11.8 Å². The topological polar surface area (TPSA) is 49.4 Å². The second-order valence-electron chi connectivity index (χ2n) is 8.02. The zero-order valence-electron chi connectivity index (χ0n) is 15.3. The molecule has 0 aromatic heterocycles. The molecule has 132 valence electrons. The Morgan fingerprint density at radius 2 is 1.67 bits per heavy atom. The van der Waals surface area contributed by atoms with Crippen molar-refractivity contribution in [3.8, 4) is 0 Å². The lowest BCUT2D eigenvalue weighted by Crippen LogP contribution is -2.40. The molecule has 24 heavy (non-hydrogen) atoms. The molecule has 1 aliphatic carbocycles. The Balaban J connectivity index is 1.81. The van der Waals surface area contributed by atoms with Crippen molar-refractivity contribution >= 4 is 17.5 Å². The molecule has 0 atom stereocenters. The van der Waals surface area contributed by atoms with Gasteiger partial charge in [0.05, 0.1) is 6.54 Å². The summed E-state index contributed by atoms with van der Waals surface area (Å²) in [5.41, 5.74) is 1.07. The van der Waals surface area contributed by atoms with Crippen LogP contribution >= 0.6 is 0 Å². The first-order valence-electron chi connectivity index (χ1n) is 8.87. The maximum atomic E-state index is 12.6. The van der Waals surface area contributed by atoms with E-state index in [9.17, 15) is 9.59 Å². The van der Waals surface area contributed by atoms with Gasteiger partial charge in [-0.25, -0.2) is 0 Å². The molecule has 0 bridgehead atoms. The normalized spacial score (nSPS) is 21.2. The Hall–Kier alpha value is -1.84. The smallest absolute Gasteiger partial charge is 0.243 e. The van der Waals surface area contributed by atoms with Crippen molar-refractivity contribution < 1.29 is 9.59 Å². The van der Waals surface area contributed by atoms with E-state index < -0.39 is 0 Å².